The average Bonchev–Trinajstić information content (AvgIpc) is 2.76. The smallest absolute Gasteiger partial charge is 0.326 e. The summed E-state index contributed by atoms with van der Waals surface area (Å²) >= 11 is 6.52. The van der Waals surface area contributed by atoms with Crippen LogP contribution in [-0.2, 0) is 0 Å². The van der Waals surface area contributed by atoms with Gasteiger partial charge in [0.2, 0.25) is 0 Å². The molecule has 0 radical (unpaired) electrons. The van der Waals surface area contributed by atoms with Gasteiger partial charge in [-0.25, -0.2) is 13.6 Å². The zero-order valence-corrected chi connectivity index (χ0v) is 19.5. The highest BCUT2D eigenvalue weighted by Crippen LogP contribution is 2.40. The molecule has 0 aliphatic carbocycles. The van der Waals surface area contributed by atoms with E-state index in [1.807, 2.05) is 5.32 Å². The van der Waals surface area contributed by atoms with Crippen LogP contribution >= 0.6 is 11.6 Å². The number of urea groups is 1. The molecule has 0 saturated carbocycles. The second-order valence-electron chi connectivity index (χ2n) is 7.66. The van der Waals surface area contributed by atoms with Crippen LogP contribution in [0.25, 0.3) is 0 Å². The maximum atomic E-state index is 13.8. The van der Waals surface area contributed by atoms with Crippen LogP contribution in [0.15, 0.2) is 36.4 Å². The van der Waals surface area contributed by atoms with Crippen molar-refractivity contribution in [1.29, 1.82) is 5.26 Å². The topological polar surface area (TPSA) is 91.2 Å². The Morgan fingerprint density at radius 2 is 1.65 bits per heavy atom. The average molecular weight is 484 g/mol. The molecule has 6 nitrogen and oxygen atoms in total. The molecule has 0 fully saturated rings. The lowest BCUT2D eigenvalue weighted by molar-refractivity contribution is 0.0959. The van der Waals surface area contributed by atoms with E-state index >= 15 is 0 Å². The van der Waals surface area contributed by atoms with Crippen LogP contribution in [0.3, 0.4) is 0 Å². The van der Waals surface area contributed by atoms with E-state index in [4.69, 9.17) is 16.3 Å². The predicted octanol–water partition coefficient (Wildman–Crippen LogP) is 6.48. The molecular weight excluding hydrogens is 464 g/mol. The molecule has 0 atom stereocenters. The Kier molecular flexibility index (Phi) is 7.18. The number of nitrogens with zero attached hydrogens (tertiary/aromatic N) is 1. The summed E-state index contributed by atoms with van der Waals surface area (Å²) in [5.74, 6) is -2.51. The van der Waals surface area contributed by atoms with Gasteiger partial charge < -0.3 is 10.1 Å². The minimum absolute atomic E-state index is 0.225. The lowest BCUT2D eigenvalue weighted by Crippen LogP contribution is -2.35. The highest BCUT2D eigenvalue weighted by Gasteiger charge is 2.21. The third-order valence-electron chi connectivity index (χ3n) is 5.17. The molecule has 0 aliphatic rings. The largest absolute Gasteiger partial charge is 0.455 e. The summed E-state index contributed by atoms with van der Waals surface area (Å²) in [6.07, 6.45) is 0. The molecule has 34 heavy (non-hydrogen) atoms. The summed E-state index contributed by atoms with van der Waals surface area (Å²) in [6, 6.07) is 9.13. The van der Waals surface area contributed by atoms with Gasteiger partial charge in [0.05, 0.1) is 16.7 Å². The van der Waals surface area contributed by atoms with Crippen LogP contribution in [0.5, 0.6) is 11.5 Å². The highest BCUT2D eigenvalue weighted by molar-refractivity contribution is 6.33. The molecule has 3 aromatic rings. The van der Waals surface area contributed by atoms with Gasteiger partial charge in [0.1, 0.15) is 28.7 Å². The number of rotatable bonds is 4. The molecule has 3 aromatic carbocycles. The minimum Gasteiger partial charge on any atom is -0.455 e. The van der Waals surface area contributed by atoms with Crippen LogP contribution in [0, 0.1) is 50.7 Å². The van der Waals surface area contributed by atoms with Crippen molar-refractivity contribution in [3.63, 3.8) is 0 Å². The van der Waals surface area contributed by atoms with Gasteiger partial charge in [-0.15, -0.1) is 0 Å². The Morgan fingerprint density at radius 3 is 2.26 bits per heavy atom. The summed E-state index contributed by atoms with van der Waals surface area (Å²) in [5, 5.41) is 13.8. The van der Waals surface area contributed by atoms with Gasteiger partial charge in [-0.1, -0.05) is 17.7 Å². The number of nitrogens with one attached hydrogen (secondary N) is 2. The van der Waals surface area contributed by atoms with Gasteiger partial charge in [0.25, 0.3) is 5.91 Å². The monoisotopic (exact) mass is 483 g/mol. The van der Waals surface area contributed by atoms with E-state index in [1.54, 1.807) is 45.9 Å². The summed E-state index contributed by atoms with van der Waals surface area (Å²) in [4.78, 5) is 24.5. The fourth-order valence-electron chi connectivity index (χ4n) is 3.27. The number of hydrogen-bond donors (Lipinski definition) is 2. The number of ether oxygens (including phenoxy) is 1. The number of aryl methyl sites for hydroxylation is 3. The zero-order valence-electron chi connectivity index (χ0n) is 18.8. The van der Waals surface area contributed by atoms with E-state index in [0.29, 0.717) is 28.2 Å². The fourth-order valence-corrected chi connectivity index (χ4v) is 3.56. The first-order valence-electron chi connectivity index (χ1n) is 10.1. The molecule has 3 amide bonds. The summed E-state index contributed by atoms with van der Waals surface area (Å²) in [7, 11) is 0. The lowest BCUT2D eigenvalue weighted by Gasteiger charge is -2.18. The lowest BCUT2D eigenvalue weighted by atomic mass is 10.1. The van der Waals surface area contributed by atoms with E-state index in [2.05, 4.69) is 11.4 Å². The first kappa shape index (κ1) is 24.7. The van der Waals surface area contributed by atoms with Crippen molar-refractivity contribution >= 4 is 29.2 Å². The van der Waals surface area contributed by atoms with Gasteiger partial charge in [-0.05, 0) is 80.3 Å². The number of nitriles is 1. The van der Waals surface area contributed by atoms with Crippen LogP contribution in [0.2, 0.25) is 5.02 Å². The van der Waals surface area contributed by atoms with E-state index in [-0.39, 0.29) is 10.7 Å². The molecule has 0 bridgehead atoms. The molecule has 0 aliphatic heterocycles. The molecule has 174 valence electrons. The standard InChI is InChI=1S/C25H20ClF2N3O3/c1-12-10-20(13(2)8-16(12)11-29)34-23-14(3)9-19(15(4)22(23)26)30-25(33)31-24(32)21-17(27)6-5-7-18(21)28/h5-10H,1-4H3,(H2,30,31,32,33). The number of carbonyl (C=O) groups is 2. The second-order valence-corrected chi connectivity index (χ2v) is 8.04. The van der Waals surface area contributed by atoms with Crippen LogP contribution in [0.4, 0.5) is 19.3 Å². The number of amides is 3. The molecule has 0 unspecified atom stereocenters. The molecule has 2 N–H and O–H groups in total. The molecule has 0 aromatic heterocycles. The fraction of sp³-hybridized carbons (Fsp3) is 0.160. The Bertz CT molecular complexity index is 1350. The predicted molar refractivity (Wildman–Crippen MR) is 124 cm³/mol. The van der Waals surface area contributed by atoms with E-state index in [9.17, 15) is 23.6 Å². The van der Waals surface area contributed by atoms with Crippen LogP contribution in [0.1, 0.15) is 38.2 Å². The molecule has 0 spiro atoms. The normalized spacial score (nSPS) is 10.4. The van der Waals surface area contributed by atoms with Crippen molar-refractivity contribution in [3.05, 3.63) is 86.4 Å². The van der Waals surface area contributed by atoms with Crippen molar-refractivity contribution < 1.29 is 23.1 Å². The van der Waals surface area contributed by atoms with Gasteiger partial charge in [0.15, 0.2) is 0 Å². The number of halogens is 3. The van der Waals surface area contributed by atoms with E-state index < -0.39 is 29.1 Å². The van der Waals surface area contributed by atoms with Crippen LogP contribution < -0.4 is 15.4 Å². The van der Waals surface area contributed by atoms with Crippen molar-refractivity contribution in [2.75, 3.05) is 5.32 Å². The van der Waals surface area contributed by atoms with E-state index in [0.717, 1.165) is 29.3 Å². The van der Waals surface area contributed by atoms with Crippen molar-refractivity contribution in [1.82, 2.24) is 5.32 Å². The number of carbonyl (C=O) groups excluding carboxylic acids is 2. The quantitative estimate of drug-likeness (QED) is 0.444. The van der Waals surface area contributed by atoms with Crippen molar-refractivity contribution in [3.8, 4) is 17.6 Å². The molecular formula is C25H20ClF2N3O3. The summed E-state index contributed by atoms with van der Waals surface area (Å²) in [5.41, 5.74) is 2.49. The van der Waals surface area contributed by atoms with Crippen LogP contribution in [-0.4, -0.2) is 11.9 Å². The first-order valence-corrected chi connectivity index (χ1v) is 10.5. The Balaban J connectivity index is 1.83. The highest BCUT2D eigenvalue weighted by atomic mass is 35.5. The minimum atomic E-state index is -1.22. The SMILES string of the molecule is Cc1cc(Oc2c(C)cc(NC(=O)NC(=O)c3c(F)cccc3F)c(C)c2Cl)c(C)cc1C#N. The number of hydrogen-bond acceptors (Lipinski definition) is 4. The molecule has 3 rings (SSSR count). The van der Waals surface area contributed by atoms with Gasteiger partial charge in [-0.2, -0.15) is 5.26 Å². The molecule has 0 saturated heterocycles. The maximum Gasteiger partial charge on any atom is 0.326 e. The molecule has 9 heteroatoms. The molecule has 0 heterocycles. The Hall–Kier alpha value is -3.96. The van der Waals surface area contributed by atoms with E-state index in [1.165, 1.54) is 0 Å². The number of imide groups is 1. The summed E-state index contributed by atoms with van der Waals surface area (Å²) < 4.78 is 33.6. The summed E-state index contributed by atoms with van der Waals surface area (Å²) in [6.45, 7) is 6.96. The third kappa shape index (κ3) is 5.00. The Morgan fingerprint density at radius 1 is 1.00 bits per heavy atom. The zero-order chi connectivity index (χ0) is 25.2. The second kappa shape index (κ2) is 9.89. The number of anilines is 1. The van der Waals surface area contributed by atoms with Gasteiger partial charge in [-0.3, -0.25) is 10.1 Å². The van der Waals surface area contributed by atoms with Crippen molar-refractivity contribution in [2.45, 2.75) is 27.7 Å². The van der Waals surface area contributed by atoms with Gasteiger partial charge >= 0.3 is 6.03 Å². The Labute approximate surface area is 200 Å². The number of benzene rings is 3. The van der Waals surface area contributed by atoms with Gasteiger partial charge in [0, 0.05) is 5.69 Å². The van der Waals surface area contributed by atoms with Crippen molar-refractivity contribution in [2.24, 2.45) is 0 Å². The maximum absolute atomic E-state index is 13.8. The first-order chi connectivity index (χ1) is 16.0. The third-order valence-corrected chi connectivity index (χ3v) is 5.63.